The van der Waals surface area contributed by atoms with Gasteiger partial charge in [0.05, 0.1) is 6.04 Å². The summed E-state index contributed by atoms with van der Waals surface area (Å²) in [5.74, 6) is 0.160. The fourth-order valence-corrected chi connectivity index (χ4v) is 2.57. The number of hydrogen-bond donors (Lipinski definition) is 2. The highest BCUT2D eigenvalue weighted by Crippen LogP contribution is 2.05. The van der Waals surface area contributed by atoms with E-state index in [0.29, 0.717) is 0 Å². The number of carbonyl (C=O) groups is 1. The van der Waals surface area contributed by atoms with Gasteiger partial charge in [0.25, 0.3) is 0 Å². The van der Waals surface area contributed by atoms with Crippen molar-refractivity contribution in [3.8, 4) is 0 Å². The second-order valence-electron chi connectivity index (χ2n) is 5.52. The summed E-state index contributed by atoms with van der Waals surface area (Å²) in [5.41, 5.74) is 1.33. The quantitative estimate of drug-likeness (QED) is 0.739. The molecule has 2 rings (SSSR count). The number of amides is 1. The number of nitrogens with zero attached hydrogens (tertiary/aromatic N) is 1. The zero-order valence-corrected chi connectivity index (χ0v) is 12.3. The highest BCUT2D eigenvalue weighted by Gasteiger charge is 2.21. The largest absolute Gasteiger partial charge is 0.355 e. The van der Waals surface area contributed by atoms with E-state index in [-0.39, 0.29) is 11.9 Å². The first-order valence-electron chi connectivity index (χ1n) is 7.49. The second-order valence-corrected chi connectivity index (χ2v) is 5.52. The highest BCUT2D eigenvalue weighted by molar-refractivity contribution is 5.81. The first-order valence-corrected chi connectivity index (χ1v) is 7.49. The van der Waals surface area contributed by atoms with E-state index in [1.807, 2.05) is 6.07 Å². The molecule has 1 aromatic rings. The lowest BCUT2D eigenvalue weighted by molar-refractivity contribution is -0.122. The molecule has 1 saturated heterocycles. The van der Waals surface area contributed by atoms with Gasteiger partial charge in [-0.25, -0.2) is 0 Å². The van der Waals surface area contributed by atoms with Crippen molar-refractivity contribution < 1.29 is 4.79 Å². The summed E-state index contributed by atoms with van der Waals surface area (Å²) >= 11 is 0. The Morgan fingerprint density at radius 2 is 2.20 bits per heavy atom. The molecular weight excluding hydrogens is 250 g/mol. The van der Waals surface area contributed by atoms with E-state index >= 15 is 0 Å². The zero-order valence-electron chi connectivity index (χ0n) is 12.3. The van der Waals surface area contributed by atoms with Crippen molar-refractivity contribution in [2.24, 2.45) is 0 Å². The molecule has 2 N–H and O–H groups in total. The minimum Gasteiger partial charge on any atom is -0.355 e. The highest BCUT2D eigenvalue weighted by atomic mass is 16.2. The summed E-state index contributed by atoms with van der Waals surface area (Å²) in [5, 5.41) is 6.23. The first-order chi connectivity index (χ1) is 9.75. The molecule has 20 heavy (non-hydrogen) atoms. The molecular formula is C16H25N3O. The van der Waals surface area contributed by atoms with Crippen LogP contribution in [0.5, 0.6) is 0 Å². The van der Waals surface area contributed by atoms with Crippen LogP contribution in [0, 0.1) is 0 Å². The molecule has 1 atom stereocenters. The lowest BCUT2D eigenvalue weighted by Crippen LogP contribution is -2.41. The van der Waals surface area contributed by atoms with Gasteiger partial charge in [0.2, 0.25) is 5.91 Å². The number of carbonyl (C=O) groups excluding carboxylic acids is 1. The normalized spacial score (nSPS) is 18.4. The van der Waals surface area contributed by atoms with E-state index < -0.39 is 0 Å². The molecule has 0 saturated carbocycles. The number of nitrogens with one attached hydrogen (secondary N) is 2. The van der Waals surface area contributed by atoms with Crippen LogP contribution in [0.1, 0.15) is 24.8 Å². The third kappa shape index (κ3) is 4.94. The van der Waals surface area contributed by atoms with Crippen molar-refractivity contribution in [2.45, 2.75) is 31.8 Å². The molecule has 0 unspecified atom stereocenters. The van der Waals surface area contributed by atoms with E-state index in [9.17, 15) is 4.79 Å². The summed E-state index contributed by atoms with van der Waals surface area (Å²) in [6.45, 7) is 3.68. The van der Waals surface area contributed by atoms with Crippen molar-refractivity contribution >= 4 is 5.91 Å². The Labute approximate surface area is 121 Å². The predicted molar refractivity (Wildman–Crippen MR) is 81.4 cm³/mol. The van der Waals surface area contributed by atoms with Gasteiger partial charge >= 0.3 is 0 Å². The molecule has 1 aliphatic heterocycles. The summed E-state index contributed by atoms with van der Waals surface area (Å²) in [6.07, 6.45) is 3.07. The van der Waals surface area contributed by atoms with Gasteiger partial charge < -0.3 is 15.5 Å². The van der Waals surface area contributed by atoms with Crippen LogP contribution in [0.3, 0.4) is 0 Å². The van der Waals surface area contributed by atoms with E-state index in [4.69, 9.17) is 0 Å². The molecule has 0 spiro atoms. The second kappa shape index (κ2) is 8.02. The van der Waals surface area contributed by atoms with Crippen LogP contribution in [0.25, 0.3) is 0 Å². The van der Waals surface area contributed by atoms with Crippen LogP contribution in [-0.2, 0) is 11.3 Å². The Bertz CT molecular complexity index is 401. The zero-order chi connectivity index (χ0) is 14.2. The molecule has 0 radical (unpaired) electrons. The van der Waals surface area contributed by atoms with Gasteiger partial charge in [-0.15, -0.1) is 0 Å². The number of rotatable bonds is 7. The third-order valence-corrected chi connectivity index (χ3v) is 3.69. The molecule has 4 heteroatoms. The van der Waals surface area contributed by atoms with E-state index in [1.165, 1.54) is 5.56 Å². The molecule has 1 amide bonds. The van der Waals surface area contributed by atoms with Gasteiger partial charge in [-0.2, -0.15) is 0 Å². The van der Waals surface area contributed by atoms with Crippen LogP contribution in [0.4, 0.5) is 0 Å². The average molecular weight is 275 g/mol. The summed E-state index contributed by atoms with van der Waals surface area (Å²) in [4.78, 5) is 14.1. The van der Waals surface area contributed by atoms with Crippen LogP contribution in [-0.4, -0.2) is 43.5 Å². The molecule has 1 fully saturated rings. The van der Waals surface area contributed by atoms with Crippen LogP contribution in [0.2, 0.25) is 0 Å². The van der Waals surface area contributed by atoms with Gasteiger partial charge in [0, 0.05) is 13.1 Å². The molecule has 4 nitrogen and oxygen atoms in total. The van der Waals surface area contributed by atoms with Crippen LogP contribution in [0.15, 0.2) is 30.3 Å². The molecule has 0 aliphatic carbocycles. The Balaban J connectivity index is 1.57. The molecule has 110 valence electrons. The first kappa shape index (κ1) is 15.0. The fourth-order valence-electron chi connectivity index (χ4n) is 2.57. The monoisotopic (exact) mass is 275 g/mol. The van der Waals surface area contributed by atoms with Gasteiger partial charge in [-0.3, -0.25) is 4.79 Å². The summed E-state index contributed by atoms with van der Waals surface area (Å²) in [7, 11) is 2.12. The maximum absolute atomic E-state index is 11.8. The molecule has 1 aliphatic rings. The van der Waals surface area contributed by atoms with Crippen molar-refractivity contribution in [2.75, 3.05) is 26.7 Å². The van der Waals surface area contributed by atoms with Gasteiger partial charge in [0.1, 0.15) is 0 Å². The standard InChI is InChI=1S/C16H25N3O/c1-19(13-14-7-3-2-4-8-14)12-6-11-18-16(20)15-9-5-10-17-15/h2-4,7-8,15,17H,5-6,9-13H2,1H3,(H,18,20)/t15-/m0/s1. The maximum Gasteiger partial charge on any atom is 0.237 e. The maximum atomic E-state index is 11.8. The summed E-state index contributed by atoms with van der Waals surface area (Å²) in [6, 6.07) is 10.5. The Morgan fingerprint density at radius 1 is 1.40 bits per heavy atom. The van der Waals surface area contributed by atoms with Gasteiger partial charge in [-0.1, -0.05) is 30.3 Å². The average Bonchev–Trinajstić information content (AvgIpc) is 2.99. The Kier molecular flexibility index (Phi) is 6.02. The van der Waals surface area contributed by atoms with E-state index in [1.54, 1.807) is 0 Å². The molecule has 1 heterocycles. The van der Waals surface area contributed by atoms with Crippen LogP contribution < -0.4 is 10.6 Å². The van der Waals surface area contributed by atoms with Gasteiger partial charge in [0.15, 0.2) is 0 Å². The SMILES string of the molecule is CN(CCCNC(=O)[C@@H]1CCCN1)Cc1ccccc1. The molecule has 1 aromatic carbocycles. The third-order valence-electron chi connectivity index (χ3n) is 3.69. The molecule has 0 bridgehead atoms. The smallest absolute Gasteiger partial charge is 0.237 e. The van der Waals surface area contributed by atoms with Gasteiger partial charge in [-0.05, 0) is 45.0 Å². The topological polar surface area (TPSA) is 44.4 Å². The Morgan fingerprint density at radius 3 is 2.90 bits per heavy atom. The lowest BCUT2D eigenvalue weighted by atomic mass is 10.2. The van der Waals surface area contributed by atoms with Crippen molar-refractivity contribution in [3.05, 3.63) is 35.9 Å². The van der Waals surface area contributed by atoms with Crippen molar-refractivity contribution in [3.63, 3.8) is 0 Å². The number of benzene rings is 1. The van der Waals surface area contributed by atoms with E-state index in [2.05, 4.69) is 46.8 Å². The van der Waals surface area contributed by atoms with E-state index in [0.717, 1.165) is 45.4 Å². The lowest BCUT2D eigenvalue weighted by Gasteiger charge is -2.17. The fraction of sp³-hybridized carbons (Fsp3) is 0.562. The minimum absolute atomic E-state index is 0.0389. The number of hydrogen-bond acceptors (Lipinski definition) is 3. The summed E-state index contributed by atoms with van der Waals surface area (Å²) < 4.78 is 0. The minimum atomic E-state index is 0.0389. The predicted octanol–water partition coefficient (Wildman–Crippen LogP) is 1.38. The van der Waals surface area contributed by atoms with Crippen LogP contribution >= 0.6 is 0 Å². The Hall–Kier alpha value is -1.39. The van der Waals surface area contributed by atoms with Crippen molar-refractivity contribution in [1.82, 2.24) is 15.5 Å². The van der Waals surface area contributed by atoms with Crippen molar-refractivity contribution in [1.29, 1.82) is 0 Å². The molecule has 0 aromatic heterocycles.